The molecule has 1 amide bonds. The molecule has 0 fully saturated rings. The Hall–Kier alpha value is -2.64. The van der Waals surface area contributed by atoms with Crippen molar-refractivity contribution in [1.82, 2.24) is 5.43 Å². The first kappa shape index (κ1) is 19.1. The van der Waals surface area contributed by atoms with E-state index in [1.165, 1.54) is 35.9 Å². The van der Waals surface area contributed by atoms with Gasteiger partial charge in [0.05, 0.1) is 16.3 Å². The van der Waals surface area contributed by atoms with Gasteiger partial charge in [-0.2, -0.15) is 5.10 Å². The number of hydrogen-bond acceptors (Lipinski definition) is 4. The third kappa shape index (κ3) is 4.96. The molecule has 0 saturated carbocycles. The Kier molecular flexibility index (Phi) is 5.62. The minimum absolute atomic E-state index is 0.0283. The van der Waals surface area contributed by atoms with Gasteiger partial charge in [0.25, 0.3) is 15.9 Å². The van der Waals surface area contributed by atoms with Crippen molar-refractivity contribution in [3.8, 4) is 0 Å². The number of rotatable bonds is 5. The summed E-state index contributed by atoms with van der Waals surface area (Å²) in [5.41, 5.74) is 5.02. The maximum atomic E-state index is 12.6. The highest BCUT2D eigenvalue weighted by atomic mass is 35.5. The Morgan fingerprint density at radius 2 is 1.89 bits per heavy atom. The number of sulfonamides is 1. The van der Waals surface area contributed by atoms with Crippen molar-refractivity contribution in [2.45, 2.75) is 24.7 Å². The van der Waals surface area contributed by atoms with Crippen molar-refractivity contribution in [1.29, 1.82) is 0 Å². The maximum absolute atomic E-state index is 12.6. The minimum Gasteiger partial charge on any atom is -0.280 e. The number of anilines is 1. The lowest BCUT2D eigenvalue weighted by atomic mass is 10.2. The lowest BCUT2D eigenvalue weighted by molar-refractivity contribution is 0.0954. The third-order valence-electron chi connectivity index (χ3n) is 3.97. The average Bonchev–Trinajstić information content (AvgIpc) is 3.05. The van der Waals surface area contributed by atoms with E-state index < -0.39 is 15.9 Å². The van der Waals surface area contributed by atoms with Crippen LogP contribution in [0.15, 0.2) is 70.2 Å². The minimum atomic E-state index is -3.86. The van der Waals surface area contributed by atoms with Crippen LogP contribution in [0, 0.1) is 0 Å². The Morgan fingerprint density at radius 1 is 1.11 bits per heavy atom. The largest absolute Gasteiger partial charge is 0.280 e. The van der Waals surface area contributed by atoms with Gasteiger partial charge in [0.2, 0.25) is 0 Å². The van der Waals surface area contributed by atoms with Crippen LogP contribution in [0.25, 0.3) is 0 Å². The van der Waals surface area contributed by atoms with E-state index >= 15 is 0 Å². The number of halogens is 1. The van der Waals surface area contributed by atoms with E-state index in [0.29, 0.717) is 10.7 Å². The Balaban J connectivity index is 1.77. The number of hydrogen-bond donors (Lipinski definition) is 2. The maximum Gasteiger partial charge on any atom is 0.271 e. The predicted molar refractivity (Wildman–Crippen MR) is 107 cm³/mol. The summed E-state index contributed by atoms with van der Waals surface area (Å²) < 4.78 is 27.6. The fourth-order valence-electron chi connectivity index (χ4n) is 2.60. The van der Waals surface area contributed by atoms with E-state index in [1.54, 1.807) is 18.2 Å². The summed E-state index contributed by atoms with van der Waals surface area (Å²) in [5.74, 6) is -0.472. The van der Waals surface area contributed by atoms with Crippen LogP contribution in [-0.2, 0) is 10.0 Å². The molecule has 2 aromatic carbocycles. The van der Waals surface area contributed by atoms with Crippen LogP contribution >= 0.6 is 11.6 Å². The summed E-state index contributed by atoms with van der Waals surface area (Å²) >= 11 is 5.88. The molecule has 3 rings (SSSR count). The molecule has 1 aliphatic carbocycles. The first-order valence-electron chi connectivity index (χ1n) is 8.26. The van der Waals surface area contributed by atoms with Gasteiger partial charge in [-0.05, 0) is 62.2 Å². The van der Waals surface area contributed by atoms with Gasteiger partial charge in [-0.1, -0.05) is 29.3 Å². The molecule has 2 N–H and O–H groups in total. The lowest BCUT2D eigenvalue weighted by Gasteiger charge is -2.09. The first-order valence-corrected chi connectivity index (χ1v) is 10.1. The normalized spacial score (nSPS) is 15.5. The fraction of sp³-hybridized carbons (Fsp3) is 0.158. The van der Waals surface area contributed by atoms with Gasteiger partial charge in [0.15, 0.2) is 0 Å². The van der Waals surface area contributed by atoms with Crippen molar-refractivity contribution < 1.29 is 13.2 Å². The van der Waals surface area contributed by atoms with Gasteiger partial charge >= 0.3 is 0 Å². The highest BCUT2D eigenvalue weighted by Crippen LogP contribution is 2.20. The van der Waals surface area contributed by atoms with Crippen LogP contribution in [0.2, 0.25) is 5.02 Å². The van der Waals surface area contributed by atoms with Gasteiger partial charge < -0.3 is 0 Å². The van der Waals surface area contributed by atoms with Crippen molar-refractivity contribution in [2.75, 3.05) is 4.72 Å². The molecule has 2 aromatic rings. The van der Waals surface area contributed by atoms with Crippen LogP contribution in [0.5, 0.6) is 0 Å². The lowest BCUT2D eigenvalue weighted by Crippen LogP contribution is -2.20. The zero-order chi connectivity index (χ0) is 19.4. The highest BCUT2D eigenvalue weighted by Gasteiger charge is 2.17. The average molecular weight is 404 g/mol. The standard InChI is InChI=1S/C19H18ClN3O3S/c1-13-8-9-16(10-13)21-22-19(24)14-4-2-7-18(11-14)27(25,26)23-17-6-3-5-15(20)12-17/h2-7,10-12,23H,8-9H2,1H3,(H,22,24)/b21-16+. The summed E-state index contributed by atoms with van der Waals surface area (Å²) in [7, 11) is -3.86. The second-order valence-corrected chi connectivity index (χ2v) is 8.30. The number of carbonyl (C=O) groups is 1. The van der Waals surface area contributed by atoms with Gasteiger partial charge in [-0.15, -0.1) is 0 Å². The molecular formula is C19H18ClN3O3S. The highest BCUT2D eigenvalue weighted by molar-refractivity contribution is 7.92. The number of nitrogens with zero attached hydrogens (tertiary/aromatic N) is 1. The van der Waals surface area contributed by atoms with Crippen LogP contribution in [0.3, 0.4) is 0 Å². The molecule has 0 spiro atoms. The molecule has 0 radical (unpaired) electrons. The monoisotopic (exact) mass is 403 g/mol. The second kappa shape index (κ2) is 7.94. The molecule has 0 aliphatic heterocycles. The molecule has 0 bridgehead atoms. The molecule has 140 valence electrons. The van der Waals surface area contributed by atoms with E-state index in [1.807, 2.05) is 13.0 Å². The van der Waals surface area contributed by atoms with Crippen LogP contribution in [-0.4, -0.2) is 20.0 Å². The van der Waals surface area contributed by atoms with Gasteiger partial charge in [-0.3, -0.25) is 9.52 Å². The summed E-state index contributed by atoms with van der Waals surface area (Å²) in [5, 5.41) is 4.50. The summed E-state index contributed by atoms with van der Waals surface area (Å²) in [6, 6.07) is 12.1. The number of hydrazone groups is 1. The predicted octanol–water partition coefficient (Wildman–Crippen LogP) is 3.97. The van der Waals surface area contributed by atoms with Crippen LogP contribution in [0.1, 0.15) is 30.1 Å². The van der Waals surface area contributed by atoms with Crippen molar-refractivity contribution in [2.24, 2.45) is 5.10 Å². The zero-order valence-corrected chi connectivity index (χ0v) is 16.1. The van der Waals surface area contributed by atoms with E-state index in [-0.39, 0.29) is 10.5 Å². The quantitative estimate of drug-likeness (QED) is 0.740. The van der Waals surface area contributed by atoms with Gasteiger partial charge in [0, 0.05) is 10.6 Å². The van der Waals surface area contributed by atoms with E-state index in [4.69, 9.17) is 11.6 Å². The molecule has 27 heavy (non-hydrogen) atoms. The van der Waals surface area contributed by atoms with Crippen molar-refractivity contribution in [3.63, 3.8) is 0 Å². The van der Waals surface area contributed by atoms with Crippen molar-refractivity contribution in [3.05, 3.63) is 70.8 Å². The SMILES string of the molecule is CC1=C/C(=N/NC(=O)c2cccc(S(=O)(=O)Nc3cccc(Cl)c3)c2)CC1. The first-order chi connectivity index (χ1) is 12.8. The number of carbonyl (C=O) groups excluding carboxylic acids is 1. The number of amides is 1. The molecule has 0 heterocycles. The second-order valence-electron chi connectivity index (χ2n) is 6.18. The summed E-state index contributed by atoms with van der Waals surface area (Å²) in [6.07, 6.45) is 3.64. The summed E-state index contributed by atoms with van der Waals surface area (Å²) in [6.45, 7) is 2.01. The molecule has 0 atom stereocenters. The zero-order valence-electron chi connectivity index (χ0n) is 14.6. The molecular weight excluding hydrogens is 386 g/mol. The van der Waals surface area contributed by atoms with Gasteiger partial charge in [-0.25, -0.2) is 13.8 Å². The fourth-order valence-corrected chi connectivity index (χ4v) is 3.89. The van der Waals surface area contributed by atoms with E-state index in [9.17, 15) is 13.2 Å². The molecule has 0 aromatic heterocycles. The molecule has 0 unspecified atom stereocenters. The summed E-state index contributed by atoms with van der Waals surface area (Å²) in [4.78, 5) is 12.3. The Labute approximate surface area is 163 Å². The third-order valence-corrected chi connectivity index (χ3v) is 5.59. The molecule has 0 saturated heterocycles. The van der Waals surface area contributed by atoms with E-state index in [0.717, 1.165) is 18.6 Å². The topological polar surface area (TPSA) is 87.6 Å². The van der Waals surface area contributed by atoms with Gasteiger partial charge in [0.1, 0.15) is 0 Å². The molecule has 8 heteroatoms. The number of benzene rings is 2. The number of nitrogens with one attached hydrogen (secondary N) is 2. The van der Waals surface area contributed by atoms with E-state index in [2.05, 4.69) is 15.2 Å². The Bertz CT molecular complexity index is 1050. The molecule has 6 nitrogen and oxygen atoms in total. The molecule has 1 aliphatic rings. The van der Waals surface area contributed by atoms with Crippen molar-refractivity contribution >= 4 is 38.9 Å². The number of allylic oxidation sites excluding steroid dienone is 2. The Morgan fingerprint density at radius 3 is 2.59 bits per heavy atom. The van der Waals surface area contributed by atoms with Crippen LogP contribution in [0.4, 0.5) is 5.69 Å². The smallest absolute Gasteiger partial charge is 0.271 e. The van der Waals surface area contributed by atoms with Crippen LogP contribution < -0.4 is 10.1 Å².